The van der Waals surface area contributed by atoms with Crippen molar-refractivity contribution in [3.63, 3.8) is 0 Å². The Morgan fingerprint density at radius 1 is 0.741 bits per heavy atom. The Hall–Kier alpha value is -10.9. The number of para-hydroxylation sites is 1. The molecule has 7 aliphatic rings. The topological polar surface area (TPSA) is 390 Å². The molecule has 0 spiro atoms. The number of carbonyl (C=O) groups excluding carboxylic acids is 8. The van der Waals surface area contributed by atoms with Gasteiger partial charge in [-0.2, -0.15) is 5.26 Å². The molecule has 2 bridgehead atoms. The molecular weight excluding hydrogens is 1430 g/mol. The minimum Gasteiger partial charge on any atom is -0.488 e. The number of nitrogen functional groups attached to an aromatic ring is 1. The molecule has 594 valence electrons. The molecule has 6 aromatic rings. The van der Waals surface area contributed by atoms with E-state index < -0.39 is 47.2 Å². The van der Waals surface area contributed by atoms with Gasteiger partial charge in [0, 0.05) is 132 Å². The van der Waals surface area contributed by atoms with E-state index in [2.05, 4.69) is 79.8 Å². The SMILES string of the molecule is CC(C)C(C(=O)N1CCC[C@H]1C(=O)N[C@@H](C)c1ccc(C#N)cc1)c1cc(OCCN2CCC(O[C@H]3C[C@H](Oc4cc(N5C6CCC5CN(c5cc(-c7ccccc7OCc7ccc(NC(=O)[C@H](CCCNC(N)=O)NC(=O)C8(C(=O)NCCCCCN9C(=O)CCC9=O)CCC8)cc7)nnc5N)C6)ccn4)C3)CC2)no1. The smallest absolute Gasteiger partial charge is 0.312 e. The van der Waals surface area contributed by atoms with Crippen LogP contribution in [0.3, 0.4) is 0 Å². The summed E-state index contributed by atoms with van der Waals surface area (Å²) in [6, 6.07) is 29.6. The average molecular weight is 1530 g/mol. The standard InChI is InChI=1S/C82H103N17O13/c1-51(2)74(78(104)97-37-10-14-66(97)77(103)89-52(3)55-20-16-53(47-83)17-21-55)69-46-71(94-112-69)108-41-40-95-38-29-60(30-39-95)110-61-43-62(44-61)111-70-42-57(28-35-86-70)99-58-24-25-59(99)49-96(48-58)67-45-65(92-93-75(67)84)63-12-5-6-15-68(63)109-50-54-18-22-56(23-19-54)90-76(102)64(13-9-34-88-81(85)107)91-80(106)82(31-11-32-82)79(105)87-33-7-4-8-36-98-72(100)26-27-73(98)101/h5-6,12,15-23,28,35,42,45-46,51-52,58-62,64,66,74H,4,7-11,13-14,24-27,29-34,36-41,43-44,48-50H2,1-3H3,(H2,84,93)(H,87,105)(H,89,103)(H,90,102)(H,91,106)(H3,85,88,107)/t52-,58?,59?,61-,62-,64-,66-,74?/m0/s1. The largest absolute Gasteiger partial charge is 0.488 e. The number of imide groups is 1. The van der Waals surface area contributed by atoms with Gasteiger partial charge in [0.25, 0.3) is 5.88 Å². The van der Waals surface area contributed by atoms with Crippen LogP contribution >= 0.6 is 0 Å². The van der Waals surface area contributed by atoms with Crippen molar-refractivity contribution in [3.05, 3.63) is 126 Å². The number of benzene rings is 3. The van der Waals surface area contributed by atoms with Gasteiger partial charge in [0.1, 0.15) is 48.5 Å². The van der Waals surface area contributed by atoms with Gasteiger partial charge in [0.05, 0.1) is 41.3 Å². The lowest BCUT2D eigenvalue weighted by atomic mass is 9.67. The summed E-state index contributed by atoms with van der Waals surface area (Å²) in [6.45, 7) is 11.6. The van der Waals surface area contributed by atoms with E-state index in [-0.39, 0.29) is 98.4 Å². The van der Waals surface area contributed by atoms with E-state index in [4.69, 9.17) is 34.9 Å². The molecule has 2 aliphatic carbocycles. The average Bonchev–Trinajstić information content (AvgIpc) is 1.65. The van der Waals surface area contributed by atoms with E-state index in [0.717, 1.165) is 92.8 Å². The number of unbranched alkanes of at least 4 members (excludes halogenated alkanes) is 2. The highest BCUT2D eigenvalue weighted by Crippen LogP contribution is 2.44. The molecule has 7 fully saturated rings. The Kier molecular flexibility index (Phi) is 25.8. The second kappa shape index (κ2) is 36.5. The van der Waals surface area contributed by atoms with Gasteiger partial charge in [-0.05, 0) is 161 Å². The van der Waals surface area contributed by atoms with Crippen molar-refractivity contribution in [3.8, 4) is 34.8 Å². The fraction of sp³-hybridized carbons (Fsp3) is 0.524. The summed E-state index contributed by atoms with van der Waals surface area (Å²) >= 11 is 0. The molecule has 6 atom stereocenters. The highest BCUT2D eigenvalue weighted by atomic mass is 16.5. The first kappa shape index (κ1) is 79.2. The van der Waals surface area contributed by atoms with E-state index in [9.17, 15) is 43.6 Å². The predicted octanol–water partition coefficient (Wildman–Crippen LogP) is 7.97. The van der Waals surface area contributed by atoms with Crippen LogP contribution in [-0.2, 0) is 44.9 Å². The second-order valence-electron chi connectivity index (χ2n) is 31.0. The second-order valence-corrected chi connectivity index (χ2v) is 31.0. The number of likely N-dealkylation sites (tertiary alicyclic amines) is 3. The Morgan fingerprint density at radius 3 is 2.20 bits per heavy atom. The number of hydrogen-bond acceptors (Lipinski definition) is 22. The van der Waals surface area contributed by atoms with Crippen LogP contribution in [0.5, 0.6) is 17.5 Å². The number of amides is 9. The summed E-state index contributed by atoms with van der Waals surface area (Å²) in [5.74, 6) is -0.654. The lowest BCUT2D eigenvalue weighted by Gasteiger charge is -2.43. The number of pyridine rings is 1. The number of carbonyl (C=O) groups is 8. The molecule has 5 aliphatic heterocycles. The van der Waals surface area contributed by atoms with E-state index in [0.29, 0.717) is 137 Å². The van der Waals surface area contributed by atoms with Crippen LogP contribution in [0.25, 0.3) is 11.3 Å². The third kappa shape index (κ3) is 19.1. The lowest BCUT2D eigenvalue weighted by Crippen LogP contribution is -2.58. The van der Waals surface area contributed by atoms with Gasteiger partial charge in [0.15, 0.2) is 11.6 Å². The number of piperidine rings is 1. The number of nitriles is 1. The van der Waals surface area contributed by atoms with Crippen LogP contribution in [0.15, 0.2) is 108 Å². The fourth-order valence-electron chi connectivity index (χ4n) is 16.4. The number of piperazine rings is 1. The molecule has 3 unspecified atom stereocenters. The first-order valence-electron chi connectivity index (χ1n) is 39.7. The summed E-state index contributed by atoms with van der Waals surface area (Å²) in [7, 11) is 0. The molecule has 9 N–H and O–H groups in total. The molecule has 5 saturated heterocycles. The highest BCUT2D eigenvalue weighted by molar-refractivity contribution is 6.08. The zero-order valence-electron chi connectivity index (χ0n) is 64.0. The number of urea groups is 1. The van der Waals surface area contributed by atoms with Crippen LogP contribution in [0.2, 0.25) is 0 Å². The molecular formula is C82H103N17O13. The Balaban J connectivity index is 0.531. The number of hydrogen-bond donors (Lipinski definition) is 7. The van der Waals surface area contributed by atoms with Crippen LogP contribution in [0.1, 0.15) is 171 Å². The van der Waals surface area contributed by atoms with Crippen molar-refractivity contribution in [2.45, 2.75) is 197 Å². The van der Waals surface area contributed by atoms with Crippen molar-refractivity contribution >= 4 is 70.3 Å². The predicted molar refractivity (Wildman–Crippen MR) is 415 cm³/mol. The highest BCUT2D eigenvalue weighted by Gasteiger charge is 2.52. The molecule has 3 aromatic carbocycles. The van der Waals surface area contributed by atoms with Gasteiger partial charge in [-0.25, -0.2) is 9.78 Å². The maximum Gasteiger partial charge on any atom is 0.312 e. The van der Waals surface area contributed by atoms with E-state index in [1.165, 1.54) is 4.90 Å². The quantitative estimate of drug-likeness (QED) is 0.0113. The number of fused-ring (bicyclic) bond motifs is 2. The van der Waals surface area contributed by atoms with Crippen LogP contribution < -0.4 is 62.1 Å². The lowest BCUT2D eigenvalue weighted by molar-refractivity contribution is -0.151. The molecule has 8 heterocycles. The number of primary amides is 1. The third-order valence-electron chi connectivity index (χ3n) is 23.0. The van der Waals surface area contributed by atoms with Crippen molar-refractivity contribution in [1.29, 1.82) is 5.26 Å². The fourth-order valence-corrected chi connectivity index (χ4v) is 16.4. The first-order chi connectivity index (χ1) is 54.3. The summed E-state index contributed by atoms with van der Waals surface area (Å²) in [6.07, 6.45) is 13.0. The van der Waals surface area contributed by atoms with E-state index in [1.54, 1.807) is 35.2 Å². The number of nitrogens with one attached hydrogen (secondary N) is 5. The third-order valence-corrected chi connectivity index (χ3v) is 23.0. The maximum absolute atomic E-state index is 14.2. The Morgan fingerprint density at radius 2 is 1.48 bits per heavy atom. The molecule has 13 rings (SSSR count). The summed E-state index contributed by atoms with van der Waals surface area (Å²) in [5, 5.41) is 36.7. The van der Waals surface area contributed by atoms with Crippen LogP contribution in [-0.4, -0.2) is 190 Å². The van der Waals surface area contributed by atoms with Crippen LogP contribution in [0.4, 0.5) is 27.7 Å². The number of anilines is 4. The number of rotatable bonds is 35. The van der Waals surface area contributed by atoms with Crippen LogP contribution in [0, 0.1) is 22.7 Å². The molecule has 9 amide bonds. The zero-order valence-corrected chi connectivity index (χ0v) is 64.0. The normalized spacial score (nSPS) is 20.9. The van der Waals surface area contributed by atoms with E-state index in [1.807, 2.05) is 81.6 Å². The molecule has 30 heteroatoms. The Bertz CT molecular complexity index is 4330. The van der Waals surface area contributed by atoms with Gasteiger partial charge in [-0.1, -0.05) is 56.7 Å². The number of aromatic nitrogens is 4. The van der Waals surface area contributed by atoms with Crippen molar-refractivity contribution in [2.24, 2.45) is 17.1 Å². The number of nitrogens with zero attached hydrogens (tertiary/aromatic N) is 10. The van der Waals surface area contributed by atoms with Gasteiger partial charge in [-0.15, -0.1) is 10.2 Å². The van der Waals surface area contributed by atoms with E-state index >= 15 is 0 Å². The van der Waals surface area contributed by atoms with Crippen molar-refractivity contribution < 1.29 is 61.8 Å². The minimum absolute atomic E-state index is 0.00655. The first-order valence-corrected chi connectivity index (χ1v) is 39.7. The number of nitrogens with two attached hydrogens (primary N) is 2. The maximum atomic E-state index is 14.2. The van der Waals surface area contributed by atoms with Gasteiger partial charge in [-0.3, -0.25) is 43.4 Å². The van der Waals surface area contributed by atoms with Gasteiger partial charge >= 0.3 is 6.03 Å². The monoisotopic (exact) mass is 1530 g/mol. The molecule has 0 radical (unpaired) electrons. The Labute approximate surface area is 652 Å². The molecule has 30 nitrogen and oxygen atoms in total. The minimum atomic E-state index is -1.34. The van der Waals surface area contributed by atoms with Crippen molar-refractivity contribution in [1.82, 2.24) is 56.3 Å². The van der Waals surface area contributed by atoms with Gasteiger partial charge in [0.2, 0.25) is 47.2 Å². The number of ether oxygens (including phenoxy) is 4. The summed E-state index contributed by atoms with van der Waals surface area (Å²) in [4.78, 5) is 120. The zero-order chi connectivity index (χ0) is 78.4. The molecule has 112 heavy (non-hydrogen) atoms. The molecule has 3 aromatic heterocycles. The summed E-state index contributed by atoms with van der Waals surface area (Å²) in [5.41, 5.74) is 16.5. The van der Waals surface area contributed by atoms with Gasteiger partial charge < -0.3 is 76.2 Å². The summed E-state index contributed by atoms with van der Waals surface area (Å²) < 4.78 is 31.4. The molecule has 2 saturated carbocycles. The van der Waals surface area contributed by atoms with Crippen molar-refractivity contribution in [2.75, 3.05) is 86.4 Å².